The van der Waals surface area contributed by atoms with Crippen molar-refractivity contribution in [2.45, 2.75) is 0 Å². The third-order valence-corrected chi connectivity index (χ3v) is 4.80. The highest BCUT2D eigenvalue weighted by Gasteiger charge is 2.42. The first-order chi connectivity index (χ1) is 14.9. The fourth-order valence-electron chi connectivity index (χ4n) is 3.29. The normalized spacial score (nSPS) is 14.0. The molecule has 0 fully saturated rings. The Labute approximate surface area is 177 Å². The number of ether oxygens (including phenoxy) is 2. The predicted molar refractivity (Wildman–Crippen MR) is 107 cm³/mol. The summed E-state index contributed by atoms with van der Waals surface area (Å²) in [6.07, 6.45) is 0. The molecule has 2 aromatic carbocycles. The zero-order chi connectivity index (χ0) is 22.5. The number of halogens is 3. The minimum absolute atomic E-state index is 0.0296. The van der Waals surface area contributed by atoms with E-state index in [-0.39, 0.29) is 43.3 Å². The maximum Gasteiger partial charge on any atom is 0.282 e. The van der Waals surface area contributed by atoms with Gasteiger partial charge >= 0.3 is 0 Å². The minimum atomic E-state index is -1.19. The Kier molecular flexibility index (Phi) is 7.09. The molecular formula is C22H21F3N2O4. The molecule has 0 aliphatic carbocycles. The zero-order valence-corrected chi connectivity index (χ0v) is 17.0. The molecule has 0 saturated heterocycles. The van der Waals surface area contributed by atoms with Gasteiger partial charge in [-0.2, -0.15) is 0 Å². The van der Waals surface area contributed by atoms with Gasteiger partial charge < -0.3 is 14.4 Å². The second kappa shape index (κ2) is 9.76. The van der Waals surface area contributed by atoms with Crippen molar-refractivity contribution >= 4 is 23.1 Å². The number of benzene rings is 2. The summed E-state index contributed by atoms with van der Waals surface area (Å²) in [6, 6.07) is 7.89. The van der Waals surface area contributed by atoms with E-state index in [4.69, 9.17) is 9.47 Å². The molecule has 0 aromatic heterocycles. The van der Waals surface area contributed by atoms with Crippen LogP contribution < -0.4 is 4.90 Å². The summed E-state index contributed by atoms with van der Waals surface area (Å²) in [5.74, 6) is -4.22. The molecule has 2 amide bonds. The number of carbonyl (C=O) groups is 2. The van der Waals surface area contributed by atoms with Crippen LogP contribution in [0.25, 0.3) is 5.57 Å². The summed E-state index contributed by atoms with van der Waals surface area (Å²) in [5, 5.41) is 0. The smallest absolute Gasteiger partial charge is 0.282 e. The van der Waals surface area contributed by atoms with Crippen molar-refractivity contribution in [1.29, 1.82) is 0 Å². The molecule has 0 bridgehead atoms. The van der Waals surface area contributed by atoms with E-state index in [0.29, 0.717) is 5.56 Å². The van der Waals surface area contributed by atoms with Gasteiger partial charge in [0.1, 0.15) is 11.5 Å². The first-order valence-corrected chi connectivity index (χ1v) is 9.46. The van der Waals surface area contributed by atoms with Crippen LogP contribution in [-0.4, -0.2) is 57.2 Å². The van der Waals surface area contributed by atoms with Crippen LogP contribution in [-0.2, 0) is 19.1 Å². The molecule has 0 saturated carbocycles. The van der Waals surface area contributed by atoms with Crippen molar-refractivity contribution in [2.24, 2.45) is 0 Å². The molecule has 3 rings (SSSR count). The molecular weight excluding hydrogens is 413 g/mol. The van der Waals surface area contributed by atoms with Crippen LogP contribution in [0.3, 0.4) is 0 Å². The highest BCUT2D eigenvalue weighted by molar-refractivity contribution is 6.45. The van der Waals surface area contributed by atoms with Crippen LogP contribution in [0, 0.1) is 17.5 Å². The van der Waals surface area contributed by atoms with Gasteiger partial charge in [0.15, 0.2) is 11.6 Å². The fraction of sp³-hybridized carbons (Fsp3) is 0.273. The van der Waals surface area contributed by atoms with E-state index >= 15 is 0 Å². The highest BCUT2D eigenvalue weighted by atomic mass is 19.2. The molecule has 2 aromatic rings. The van der Waals surface area contributed by atoms with E-state index in [1.165, 1.54) is 38.5 Å². The van der Waals surface area contributed by atoms with Gasteiger partial charge in [0.05, 0.1) is 24.5 Å². The average molecular weight is 434 g/mol. The number of carbonyl (C=O) groups excluding carboxylic acids is 2. The Morgan fingerprint density at radius 3 is 2.00 bits per heavy atom. The zero-order valence-electron chi connectivity index (χ0n) is 17.0. The average Bonchev–Trinajstić information content (AvgIpc) is 3.01. The number of nitrogens with zero attached hydrogens (tertiary/aromatic N) is 2. The summed E-state index contributed by atoms with van der Waals surface area (Å²) in [6.45, 7) is 1.06. The van der Waals surface area contributed by atoms with Gasteiger partial charge in [0.2, 0.25) is 0 Å². The highest BCUT2D eigenvalue weighted by Crippen LogP contribution is 2.35. The molecule has 9 heteroatoms. The van der Waals surface area contributed by atoms with Crippen molar-refractivity contribution in [3.05, 3.63) is 71.2 Å². The van der Waals surface area contributed by atoms with Crippen molar-refractivity contribution in [3.8, 4) is 0 Å². The number of anilines is 1. The van der Waals surface area contributed by atoms with Crippen LogP contribution in [0.2, 0.25) is 0 Å². The first-order valence-electron chi connectivity index (χ1n) is 9.46. The number of rotatable bonds is 9. The maximum absolute atomic E-state index is 13.8. The first kappa shape index (κ1) is 22.5. The van der Waals surface area contributed by atoms with Crippen LogP contribution in [0.5, 0.6) is 0 Å². The van der Waals surface area contributed by atoms with Gasteiger partial charge in [0.25, 0.3) is 11.8 Å². The van der Waals surface area contributed by atoms with Crippen LogP contribution in [0.15, 0.2) is 48.2 Å². The Morgan fingerprint density at radius 2 is 1.45 bits per heavy atom. The maximum atomic E-state index is 13.8. The number of amides is 2. The lowest BCUT2D eigenvalue weighted by Gasteiger charge is -2.25. The van der Waals surface area contributed by atoms with Gasteiger partial charge in [-0.25, -0.2) is 18.1 Å². The summed E-state index contributed by atoms with van der Waals surface area (Å²) in [7, 11) is 3.00. The quantitative estimate of drug-likeness (QED) is 0.568. The Balaban J connectivity index is 2.13. The molecule has 6 nitrogen and oxygen atoms in total. The van der Waals surface area contributed by atoms with Crippen molar-refractivity contribution in [3.63, 3.8) is 0 Å². The molecule has 164 valence electrons. The third kappa shape index (κ3) is 4.62. The lowest BCUT2D eigenvalue weighted by Crippen LogP contribution is -2.37. The summed E-state index contributed by atoms with van der Waals surface area (Å²) in [4.78, 5) is 29.1. The molecule has 0 spiro atoms. The molecule has 0 radical (unpaired) electrons. The van der Waals surface area contributed by atoms with Crippen molar-refractivity contribution in [2.75, 3.05) is 45.4 Å². The van der Waals surface area contributed by atoms with Crippen LogP contribution in [0.1, 0.15) is 5.56 Å². The van der Waals surface area contributed by atoms with E-state index < -0.39 is 29.3 Å². The fourth-order valence-corrected chi connectivity index (χ4v) is 3.29. The lowest BCUT2D eigenvalue weighted by molar-refractivity contribution is -0.120. The molecule has 0 unspecified atom stereocenters. The van der Waals surface area contributed by atoms with Gasteiger partial charge in [0, 0.05) is 33.4 Å². The van der Waals surface area contributed by atoms with Gasteiger partial charge in [-0.15, -0.1) is 0 Å². The van der Waals surface area contributed by atoms with E-state index in [1.807, 2.05) is 0 Å². The van der Waals surface area contributed by atoms with Crippen molar-refractivity contribution < 1.29 is 32.2 Å². The number of imide groups is 1. The molecule has 0 atom stereocenters. The molecule has 1 heterocycles. The summed E-state index contributed by atoms with van der Waals surface area (Å²) in [5.41, 5.74) is 0.291. The Bertz CT molecular complexity index is 1000. The number of hydrogen-bond acceptors (Lipinski definition) is 5. The third-order valence-electron chi connectivity index (χ3n) is 4.80. The van der Waals surface area contributed by atoms with E-state index in [9.17, 15) is 22.8 Å². The van der Waals surface area contributed by atoms with Gasteiger partial charge in [-0.05, 0) is 29.8 Å². The molecule has 31 heavy (non-hydrogen) atoms. The Hall–Kier alpha value is -3.17. The van der Waals surface area contributed by atoms with Gasteiger partial charge in [-0.3, -0.25) is 9.59 Å². The standard InChI is InChI=1S/C22H21F3N2O4/c1-30-11-9-26(10-12-31-2)20-19(14-3-5-15(23)6-4-14)21(28)27(22(20)29)16-7-8-17(24)18(25)13-16/h3-8,13H,9-12H2,1-2H3. The summed E-state index contributed by atoms with van der Waals surface area (Å²) >= 11 is 0. The van der Waals surface area contributed by atoms with Crippen molar-refractivity contribution in [1.82, 2.24) is 4.90 Å². The molecule has 1 aliphatic heterocycles. The molecule has 1 aliphatic rings. The largest absolute Gasteiger partial charge is 0.383 e. The number of methoxy groups -OCH3 is 2. The second-order valence-electron chi connectivity index (χ2n) is 6.75. The monoisotopic (exact) mass is 434 g/mol. The lowest BCUT2D eigenvalue weighted by atomic mass is 10.0. The van der Waals surface area contributed by atoms with Gasteiger partial charge in [-0.1, -0.05) is 12.1 Å². The SMILES string of the molecule is COCCN(CCOC)C1=C(c2ccc(F)cc2)C(=O)N(c2ccc(F)c(F)c2)C1=O. The van der Waals surface area contributed by atoms with Crippen LogP contribution in [0.4, 0.5) is 18.9 Å². The van der Waals surface area contributed by atoms with E-state index in [2.05, 4.69) is 0 Å². The number of hydrogen-bond donors (Lipinski definition) is 0. The second-order valence-corrected chi connectivity index (χ2v) is 6.75. The van der Waals surface area contributed by atoms with E-state index in [1.54, 1.807) is 4.90 Å². The molecule has 0 N–H and O–H groups in total. The topological polar surface area (TPSA) is 59.1 Å². The Morgan fingerprint density at radius 1 is 0.839 bits per heavy atom. The summed E-state index contributed by atoms with van der Waals surface area (Å²) < 4.78 is 50.9. The minimum Gasteiger partial charge on any atom is -0.383 e. The predicted octanol–water partition coefficient (Wildman–Crippen LogP) is 2.98. The van der Waals surface area contributed by atoms with Crippen LogP contribution >= 0.6 is 0 Å². The van der Waals surface area contributed by atoms with E-state index in [0.717, 1.165) is 23.1 Å².